The van der Waals surface area contributed by atoms with Crippen molar-refractivity contribution in [1.82, 2.24) is 9.88 Å². The van der Waals surface area contributed by atoms with Crippen LogP contribution in [-0.4, -0.2) is 42.7 Å². The minimum atomic E-state index is -0.254. The van der Waals surface area contributed by atoms with Gasteiger partial charge in [-0.15, -0.1) is 11.3 Å². The lowest BCUT2D eigenvalue weighted by Crippen LogP contribution is -2.37. The molecule has 0 aliphatic carbocycles. The molecule has 3 aromatic rings. The SMILES string of the molecule is O=c1oc(N2CCOCC2)nc2sc3c(c12)CCN(Cc1ccccc1)C3. The number of aromatic nitrogens is 1. The Morgan fingerprint density at radius 3 is 2.74 bits per heavy atom. The van der Waals surface area contributed by atoms with Crippen LogP contribution in [0.1, 0.15) is 16.0 Å². The smallest absolute Gasteiger partial charge is 0.349 e. The molecule has 5 rings (SSSR count). The molecule has 0 N–H and O–H groups in total. The summed E-state index contributed by atoms with van der Waals surface area (Å²) >= 11 is 1.64. The van der Waals surface area contributed by atoms with Crippen LogP contribution in [0.25, 0.3) is 10.2 Å². The van der Waals surface area contributed by atoms with Gasteiger partial charge in [-0.3, -0.25) is 4.90 Å². The zero-order valence-corrected chi connectivity index (χ0v) is 15.8. The van der Waals surface area contributed by atoms with Crippen LogP contribution in [0.5, 0.6) is 0 Å². The first-order valence-electron chi connectivity index (χ1n) is 9.32. The molecule has 0 bridgehead atoms. The summed E-state index contributed by atoms with van der Waals surface area (Å²) in [4.78, 5) is 23.8. The van der Waals surface area contributed by atoms with Crippen LogP contribution in [0.2, 0.25) is 0 Å². The third kappa shape index (κ3) is 3.26. The number of ether oxygens (including phenoxy) is 1. The molecule has 27 heavy (non-hydrogen) atoms. The molecule has 0 radical (unpaired) electrons. The highest BCUT2D eigenvalue weighted by molar-refractivity contribution is 7.18. The van der Waals surface area contributed by atoms with E-state index in [1.807, 2.05) is 11.0 Å². The fourth-order valence-corrected chi connectivity index (χ4v) is 5.08. The molecule has 0 amide bonds. The Bertz CT molecular complexity index is 1010. The van der Waals surface area contributed by atoms with Crippen molar-refractivity contribution >= 4 is 27.6 Å². The molecule has 2 aliphatic heterocycles. The van der Waals surface area contributed by atoms with Crippen LogP contribution in [-0.2, 0) is 24.2 Å². The maximum Gasteiger partial charge on any atom is 0.349 e. The third-order valence-electron chi connectivity index (χ3n) is 5.23. The number of anilines is 1. The van der Waals surface area contributed by atoms with E-state index in [2.05, 4.69) is 34.1 Å². The van der Waals surface area contributed by atoms with E-state index in [4.69, 9.17) is 9.15 Å². The van der Waals surface area contributed by atoms with Gasteiger partial charge in [0.15, 0.2) is 0 Å². The molecule has 2 aliphatic rings. The van der Waals surface area contributed by atoms with E-state index < -0.39 is 0 Å². The van der Waals surface area contributed by atoms with Gasteiger partial charge in [-0.25, -0.2) is 4.79 Å². The Hall–Kier alpha value is -2.22. The molecule has 0 spiro atoms. The number of fused-ring (bicyclic) bond motifs is 3. The highest BCUT2D eigenvalue weighted by atomic mass is 32.1. The summed E-state index contributed by atoms with van der Waals surface area (Å²) in [5.74, 6) is 0. The van der Waals surface area contributed by atoms with Crippen LogP contribution in [0.3, 0.4) is 0 Å². The fraction of sp³-hybridized carbons (Fsp3) is 0.400. The van der Waals surface area contributed by atoms with Crippen molar-refractivity contribution in [2.75, 3.05) is 37.7 Å². The summed E-state index contributed by atoms with van der Waals surface area (Å²) in [6, 6.07) is 10.9. The summed E-state index contributed by atoms with van der Waals surface area (Å²) in [5, 5.41) is 0.686. The highest BCUT2D eigenvalue weighted by Gasteiger charge is 2.26. The van der Waals surface area contributed by atoms with Crippen molar-refractivity contribution < 1.29 is 9.15 Å². The molecule has 1 saturated heterocycles. The molecule has 1 fully saturated rings. The van der Waals surface area contributed by atoms with Gasteiger partial charge in [0.1, 0.15) is 10.2 Å². The molecule has 140 valence electrons. The average molecular weight is 383 g/mol. The molecular weight excluding hydrogens is 362 g/mol. The molecule has 0 atom stereocenters. The monoisotopic (exact) mass is 383 g/mol. The number of benzene rings is 1. The van der Waals surface area contributed by atoms with E-state index in [-0.39, 0.29) is 5.63 Å². The number of rotatable bonds is 3. The number of nitrogens with zero attached hydrogens (tertiary/aromatic N) is 3. The Morgan fingerprint density at radius 2 is 1.93 bits per heavy atom. The number of hydrogen-bond acceptors (Lipinski definition) is 7. The summed E-state index contributed by atoms with van der Waals surface area (Å²) < 4.78 is 10.9. The minimum Gasteiger partial charge on any atom is -0.388 e. The summed E-state index contributed by atoms with van der Waals surface area (Å²) in [6.45, 7) is 5.41. The zero-order chi connectivity index (χ0) is 18.2. The molecule has 1 aromatic carbocycles. The Kier molecular flexibility index (Phi) is 4.43. The molecule has 2 aromatic heterocycles. The number of morpholine rings is 1. The fourth-order valence-electron chi connectivity index (χ4n) is 3.84. The van der Waals surface area contributed by atoms with E-state index in [0.29, 0.717) is 37.7 Å². The van der Waals surface area contributed by atoms with Crippen LogP contribution in [0.15, 0.2) is 39.5 Å². The van der Waals surface area contributed by atoms with Gasteiger partial charge in [0.05, 0.1) is 13.2 Å². The number of thiophene rings is 1. The lowest BCUT2D eigenvalue weighted by molar-refractivity contribution is 0.120. The minimum absolute atomic E-state index is 0.254. The van der Waals surface area contributed by atoms with Crippen LogP contribution in [0.4, 0.5) is 6.01 Å². The predicted molar refractivity (Wildman–Crippen MR) is 105 cm³/mol. The second-order valence-electron chi connectivity index (χ2n) is 7.01. The normalized spacial score (nSPS) is 18.0. The van der Waals surface area contributed by atoms with Gasteiger partial charge in [-0.2, -0.15) is 4.98 Å². The molecule has 6 nitrogen and oxygen atoms in total. The quantitative estimate of drug-likeness (QED) is 0.693. The van der Waals surface area contributed by atoms with Gasteiger partial charge in [-0.05, 0) is 17.5 Å². The van der Waals surface area contributed by atoms with Crippen molar-refractivity contribution in [3.8, 4) is 0 Å². The van der Waals surface area contributed by atoms with Crippen LogP contribution < -0.4 is 10.5 Å². The Morgan fingerprint density at radius 1 is 1.11 bits per heavy atom. The van der Waals surface area contributed by atoms with Gasteiger partial charge in [0.25, 0.3) is 0 Å². The molecule has 4 heterocycles. The standard InChI is InChI=1S/C20H21N3O3S/c24-19-17-15-6-7-22(12-14-4-2-1-3-5-14)13-16(15)27-18(17)21-20(26-19)23-8-10-25-11-9-23/h1-5H,6-13H2. The summed E-state index contributed by atoms with van der Waals surface area (Å²) in [7, 11) is 0. The first-order chi connectivity index (χ1) is 13.3. The lowest BCUT2D eigenvalue weighted by Gasteiger charge is -2.26. The van der Waals surface area contributed by atoms with Gasteiger partial charge in [-0.1, -0.05) is 30.3 Å². The Labute approximate surface area is 161 Å². The van der Waals surface area contributed by atoms with Gasteiger partial charge in [0.2, 0.25) is 0 Å². The van der Waals surface area contributed by atoms with Gasteiger partial charge >= 0.3 is 11.6 Å². The molecule has 0 saturated carbocycles. The van der Waals surface area contributed by atoms with Crippen molar-refractivity contribution in [3.05, 3.63) is 56.8 Å². The first-order valence-corrected chi connectivity index (χ1v) is 10.1. The van der Waals surface area contributed by atoms with E-state index in [0.717, 1.165) is 36.4 Å². The van der Waals surface area contributed by atoms with E-state index >= 15 is 0 Å². The van der Waals surface area contributed by atoms with Crippen molar-refractivity contribution in [2.45, 2.75) is 19.5 Å². The van der Waals surface area contributed by atoms with E-state index in [9.17, 15) is 4.79 Å². The second-order valence-corrected chi connectivity index (χ2v) is 8.10. The van der Waals surface area contributed by atoms with Crippen molar-refractivity contribution in [1.29, 1.82) is 0 Å². The number of hydrogen-bond donors (Lipinski definition) is 0. The van der Waals surface area contributed by atoms with Crippen LogP contribution in [0, 0.1) is 0 Å². The molecule has 7 heteroatoms. The van der Waals surface area contributed by atoms with Gasteiger partial charge < -0.3 is 14.1 Å². The topological polar surface area (TPSA) is 58.8 Å². The predicted octanol–water partition coefficient (Wildman–Crippen LogP) is 2.64. The highest BCUT2D eigenvalue weighted by Crippen LogP contribution is 2.34. The summed E-state index contributed by atoms with van der Waals surface area (Å²) in [6.07, 6.45) is 0.867. The molecular formula is C20H21N3O3S. The second kappa shape index (κ2) is 7.07. The maximum atomic E-state index is 12.7. The summed E-state index contributed by atoms with van der Waals surface area (Å²) in [5.41, 5.74) is 2.19. The van der Waals surface area contributed by atoms with Crippen molar-refractivity contribution in [3.63, 3.8) is 0 Å². The first kappa shape index (κ1) is 16.9. The average Bonchev–Trinajstić information content (AvgIpc) is 3.07. The van der Waals surface area contributed by atoms with Crippen molar-refractivity contribution in [2.24, 2.45) is 0 Å². The lowest BCUT2D eigenvalue weighted by atomic mass is 10.0. The third-order valence-corrected chi connectivity index (χ3v) is 6.34. The van der Waals surface area contributed by atoms with E-state index in [1.165, 1.54) is 10.4 Å². The van der Waals surface area contributed by atoms with Crippen LogP contribution >= 0.6 is 11.3 Å². The Balaban J connectivity index is 1.44. The largest absolute Gasteiger partial charge is 0.388 e. The van der Waals surface area contributed by atoms with E-state index in [1.54, 1.807) is 11.3 Å². The zero-order valence-electron chi connectivity index (χ0n) is 15.0. The van der Waals surface area contributed by atoms with Gasteiger partial charge in [0, 0.05) is 37.6 Å². The maximum absolute atomic E-state index is 12.7. The molecule has 0 unspecified atom stereocenters.